The monoisotopic (exact) mass is 398 g/mol. The van der Waals surface area contributed by atoms with Gasteiger partial charge in [-0.25, -0.2) is 4.68 Å². The van der Waals surface area contributed by atoms with E-state index in [2.05, 4.69) is 30.8 Å². The molecule has 0 saturated heterocycles. The van der Waals surface area contributed by atoms with Gasteiger partial charge in [0, 0.05) is 12.2 Å². The van der Waals surface area contributed by atoms with Crippen LogP contribution >= 0.6 is 11.8 Å². The smallest absolute Gasteiger partial charge is 0.292 e. The molecule has 2 heterocycles. The second kappa shape index (κ2) is 8.43. The molecule has 3 rings (SSSR count). The van der Waals surface area contributed by atoms with Gasteiger partial charge < -0.3 is 10.2 Å². The van der Waals surface area contributed by atoms with Gasteiger partial charge >= 0.3 is 0 Å². The number of carbonyl (C=O) groups is 2. The highest BCUT2D eigenvalue weighted by Crippen LogP contribution is 2.31. The molecule has 1 N–H and O–H groups in total. The number of amides is 2. The van der Waals surface area contributed by atoms with Crippen LogP contribution in [0.1, 0.15) is 25.3 Å². The van der Waals surface area contributed by atoms with Crippen LogP contribution in [0.3, 0.4) is 0 Å². The van der Waals surface area contributed by atoms with Crippen LogP contribution in [-0.2, 0) is 16.1 Å². The maximum Gasteiger partial charge on any atom is 0.292 e. The molecule has 2 amide bonds. The summed E-state index contributed by atoms with van der Waals surface area (Å²) in [6, 6.07) is 7.58. The molecule has 0 aliphatic carbocycles. The zero-order valence-corrected chi connectivity index (χ0v) is 16.7. The molecule has 0 bridgehead atoms. The van der Waals surface area contributed by atoms with Crippen molar-refractivity contribution >= 4 is 35.0 Å². The highest BCUT2D eigenvalue weighted by atomic mass is 32.2. The lowest BCUT2D eigenvalue weighted by atomic mass is 10.0. The van der Waals surface area contributed by atoms with Gasteiger partial charge in [0.15, 0.2) is 0 Å². The van der Waals surface area contributed by atoms with Gasteiger partial charge in [0.2, 0.25) is 11.8 Å². The summed E-state index contributed by atoms with van der Waals surface area (Å²) in [4.78, 5) is 39.4. The molecule has 7 nitrogen and oxygen atoms in total. The first-order valence-electron chi connectivity index (χ1n) is 8.94. The first-order valence-corrected chi connectivity index (χ1v) is 9.93. The van der Waals surface area contributed by atoms with Gasteiger partial charge in [-0.2, -0.15) is 5.10 Å². The number of benzene rings is 1. The molecule has 28 heavy (non-hydrogen) atoms. The van der Waals surface area contributed by atoms with Gasteiger partial charge in [-0.1, -0.05) is 32.1 Å². The Kier molecular flexibility index (Phi) is 5.99. The summed E-state index contributed by atoms with van der Waals surface area (Å²) in [6.07, 6.45) is 3.09. The number of hydrogen-bond acceptors (Lipinski definition) is 5. The molecule has 0 atom stereocenters. The number of rotatable bonds is 6. The van der Waals surface area contributed by atoms with E-state index in [9.17, 15) is 14.4 Å². The maximum atomic E-state index is 12.8. The average molecular weight is 398 g/mol. The van der Waals surface area contributed by atoms with Crippen LogP contribution in [0.15, 0.2) is 52.8 Å². The Morgan fingerprint density at radius 1 is 1.32 bits per heavy atom. The Bertz CT molecular complexity index is 966. The van der Waals surface area contributed by atoms with E-state index in [4.69, 9.17) is 0 Å². The van der Waals surface area contributed by atoms with E-state index in [1.54, 1.807) is 6.08 Å². The third-order valence-corrected chi connectivity index (χ3v) is 5.37. The Hall–Kier alpha value is -2.87. The summed E-state index contributed by atoms with van der Waals surface area (Å²) in [5.41, 5.74) is 1.62. The summed E-state index contributed by atoms with van der Waals surface area (Å²) < 4.78 is 1.08. The SMILES string of the molecule is C=CCN1C(=O)CSc2cnn(CC(=O)Nc3ccc(C(C)C)cc3)c(=O)c21. The number of thioether (sulfide) groups is 1. The van der Waals surface area contributed by atoms with Crippen LogP contribution in [0.2, 0.25) is 0 Å². The molecule has 8 heteroatoms. The number of hydrogen-bond donors (Lipinski definition) is 1. The summed E-state index contributed by atoms with van der Waals surface area (Å²) in [5.74, 6) is 0.125. The number of anilines is 2. The van der Waals surface area contributed by atoms with Crippen molar-refractivity contribution in [1.82, 2.24) is 9.78 Å². The number of nitrogens with one attached hydrogen (secondary N) is 1. The highest BCUT2D eigenvalue weighted by molar-refractivity contribution is 8.00. The predicted molar refractivity (Wildman–Crippen MR) is 111 cm³/mol. The molecule has 0 radical (unpaired) electrons. The van der Waals surface area contributed by atoms with Crippen LogP contribution in [0.5, 0.6) is 0 Å². The van der Waals surface area contributed by atoms with Gasteiger partial charge in [-0.3, -0.25) is 14.4 Å². The third-order valence-electron chi connectivity index (χ3n) is 4.37. The van der Waals surface area contributed by atoms with Gasteiger partial charge in [0.1, 0.15) is 12.2 Å². The van der Waals surface area contributed by atoms with Crippen molar-refractivity contribution in [3.63, 3.8) is 0 Å². The minimum Gasteiger partial charge on any atom is -0.324 e. The van der Waals surface area contributed by atoms with Gasteiger partial charge in [0.25, 0.3) is 5.56 Å². The number of carbonyl (C=O) groups excluding carboxylic acids is 2. The molecule has 1 aromatic carbocycles. The maximum absolute atomic E-state index is 12.8. The molecular weight excluding hydrogens is 376 g/mol. The van der Waals surface area contributed by atoms with Crippen LogP contribution in [-0.4, -0.2) is 33.9 Å². The molecule has 0 saturated carbocycles. The average Bonchev–Trinajstić information content (AvgIpc) is 2.66. The normalized spacial score (nSPS) is 13.4. The summed E-state index contributed by atoms with van der Waals surface area (Å²) in [6.45, 7) is 7.83. The molecule has 1 aliphatic heterocycles. The van der Waals surface area contributed by atoms with Crippen LogP contribution in [0, 0.1) is 0 Å². The lowest BCUT2D eigenvalue weighted by Gasteiger charge is -2.27. The molecule has 0 fully saturated rings. The Morgan fingerprint density at radius 3 is 2.68 bits per heavy atom. The van der Waals surface area contributed by atoms with E-state index in [1.807, 2.05) is 24.3 Å². The van der Waals surface area contributed by atoms with Crippen molar-refractivity contribution in [2.45, 2.75) is 31.2 Å². The van der Waals surface area contributed by atoms with Crippen LogP contribution < -0.4 is 15.8 Å². The van der Waals surface area contributed by atoms with E-state index < -0.39 is 5.56 Å². The predicted octanol–water partition coefficient (Wildman–Crippen LogP) is 2.63. The van der Waals surface area contributed by atoms with E-state index in [0.29, 0.717) is 16.5 Å². The Labute approximate surface area is 167 Å². The van der Waals surface area contributed by atoms with Crippen molar-refractivity contribution < 1.29 is 9.59 Å². The first-order chi connectivity index (χ1) is 13.4. The summed E-state index contributed by atoms with van der Waals surface area (Å²) >= 11 is 1.27. The number of nitrogens with zero attached hydrogens (tertiary/aromatic N) is 3. The van der Waals surface area contributed by atoms with Crippen molar-refractivity contribution in [2.24, 2.45) is 0 Å². The second-order valence-electron chi connectivity index (χ2n) is 6.73. The highest BCUT2D eigenvalue weighted by Gasteiger charge is 2.28. The van der Waals surface area contributed by atoms with Gasteiger partial charge in [-0.05, 0) is 23.6 Å². The van der Waals surface area contributed by atoms with E-state index in [0.717, 1.165) is 4.68 Å². The van der Waals surface area contributed by atoms with Gasteiger partial charge in [0.05, 0.1) is 16.8 Å². The number of fused-ring (bicyclic) bond motifs is 1. The first kappa shape index (κ1) is 19.9. The second-order valence-corrected chi connectivity index (χ2v) is 7.74. The Morgan fingerprint density at radius 2 is 2.04 bits per heavy atom. The standard InChI is InChI=1S/C20H22N4O3S/c1-4-9-23-18(26)12-28-16-10-21-24(20(27)19(16)23)11-17(25)22-15-7-5-14(6-8-15)13(2)3/h4-8,10,13H,1,9,11-12H2,2-3H3,(H,22,25). The fourth-order valence-corrected chi connectivity index (χ4v) is 3.77. The zero-order valence-electron chi connectivity index (χ0n) is 15.8. The van der Waals surface area contributed by atoms with Crippen molar-refractivity contribution in [1.29, 1.82) is 0 Å². The largest absolute Gasteiger partial charge is 0.324 e. The van der Waals surface area contributed by atoms with E-state index in [-0.39, 0.29) is 36.3 Å². The molecule has 0 spiro atoms. The molecule has 146 valence electrons. The molecule has 0 unspecified atom stereocenters. The van der Waals surface area contributed by atoms with Crippen LogP contribution in [0.4, 0.5) is 11.4 Å². The lowest BCUT2D eigenvalue weighted by molar-refractivity contribution is -0.117. The minimum absolute atomic E-state index is 0.165. The molecule has 1 aromatic heterocycles. The van der Waals surface area contributed by atoms with E-state index >= 15 is 0 Å². The van der Waals surface area contributed by atoms with E-state index in [1.165, 1.54) is 28.4 Å². The fourth-order valence-electron chi connectivity index (χ4n) is 2.88. The lowest BCUT2D eigenvalue weighted by Crippen LogP contribution is -2.42. The molecular formula is C20H22N4O3S. The van der Waals surface area contributed by atoms with Crippen molar-refractivity contribution in [3.8, 4) is 0 Å². The minimum atomic E-state index is -0.467. The Balaban J connectivity index is 1.79. The topological polar surface area (TPSA) is 84.3 Å². The van der Waals surface area contributed by atoms with Crippen molar-refractivity contribution in [3.05, 3.63) is 59.0 Å². The zero-order chi connectivity index (χ0) is 20.3. The molecule has 1 aliphatic rings. The van der Waals surface area contributed by atoms with Crippen LogP contribution in [0.25, 0.3) is 0 Å². The fraction of sp³-hybridized carbons (Fsp3) is 0.300. The summed E-state index contributed by atoms with van der Waals surface area (Å²) in [5, 5.41) is 6.86. The van der Waals surface area contributed by atoms with Gasteiger partial charge in [-0.15, -0.1) is 18.3 Å². The number of aromatic nitrogens is 2. The summed E-state index contributed by atoms with van der Waals surface area (Å²) in [7, 11) is 0. The third kappa shape index (κ3) is 4.17. The quantitative estimate of drug-likeness (QED) is 0.756. The molecule has 2 aromatic rings. The van der Waals surface area contributed by atoms with Crippen molar-refractivity contribution in [2.75, 3.05) is 22.5 Å².